The molecule has 1 N–H and O–H groups in total. The van der Waals surface area contributed by atoms with Gasteiger partial charge in [-0.2, -0.15) is 0 Å². The van der Waals surface area contributed by atoms with Gasteiger partial charge in [-0.1, -0.05) is 72.8 Å². The van der Waals surface area contributed by atoms with Crippen LogP contribution in [0.25, 0.3) is 0 Å². The molecule has 2 aromatic carbocycles. The minimum absolute atomic E-state index is 0.0656. The van der Waals surface area contributed by atoms with E-state index in [0.717, 1.165) is 11.1 Å². The van der Waals surface area contributed by atoms with Crippen LogP contribution >= 0.6 is 0 Å². The van der Waals surface area contributed by atoms with Crippen molar-refractivity contribution in [1.29, 1.82) is 0 Å². The van der Waals surface area contributed by atoms with Crippen molar-refractivity contribution in [3.8, 4) is 0 Å². The van der Waals surface area contributed by atoms with Gasteiger partial charge in [-0.3, -0.25) is 14.5 Å². The number of amides is 2. The second-order valence-electron chi connectivity index (χ2n) is 9.35. The molecule has 6 nitrogen and oxygen atoms in total. The molecule has 1 heterocycles. The molecule has 2 amide bonds. The summed E-state index contributed by atoms with van der Waals surface area (Å²) in [5.74, 6) is -2.47. The summed E-state index contributed by atoms with van der Waals surface area (Å²) in [7, 11) is 3.60. The number of carboxylic acids is 1. The topological polar surface area (TPSA) is 74.7 Å². The standard InChI is InChI=1S/C26H28N2O4/c1-28(2,17-22(29)30)16-15-27-25(31)23-20(18-9-5-3-6-10-18)13-14-21(24(23)26(27)32)19-11-7-4-8-12-19/h3-14,20-21,23-24H,15-17H2,1-2H3/p+1/t20-,21+,23-,24-/m1/s1. The van der Waals surface area contributed by atoms with Crippen LogP contribution in [0, 0.1) is 11.8 Å². The summed E-state index contributed by atoms with van der Waals surface area (Å²) in [5, 5.41) is 9.16. The Labute approximate surface area is 188 Å². The van der Waals surface area contributed by atoms with Crippen molar-refractivity contribution in [3.05, 3.63) is 83.9 Å². The number of carbonyl (C=O) groups excluding carboxylic acids is 2. The van der Waals surface area contributed by atoms with Gasteiger partial charge in [-0.15, -0.1) is 0 Å². The number of carboxylic acid groups (broad SMARTS) is 1. The smallest absolute Gasteiger partial charge is 0.359 e. The van der Waals surface area contributed by atoms with E-state index in [1.807, 2.05) is 60.7 Å². The number of quaternary nitrogens is 1. The van der Waals surface area contributed by atoms with Gasteiger partial charge >= 0.3 is 5.97 Å². The molecule has 0 unspecified atom stereocenters. The third-order valence-electron chi connectivity index (χ3n) is 6.65. The number of fused-ring (bicyclic) bond motifs is 1. The number of rotatable bonds is 7. The van der Waals surface area contributed by atoms with Crippen molar-refractivity contribution >= 4 is 17.8 Å². The monoisotopic (exact) mass is 433 g/mol. The number of allylic oxidation sites excluding steroid dienone is 2. The predicted octanol–water partition coefficient (Wildman–Crippen LogP) is 2.89. The maximum atomic E-state index is 13.6. The summed E-state index contributed by atoms with van der Waals surface area (Å²) in [6, 6.07) is 19.7. The normalized spacial score (nSPS) is 25.1. The highest BCUT2D eigenvalue weighted by molar-refractivity contribution is 6.06. The third kappa shape index (κ3) is 4.23. The summed E-state index contributed by atoms with van der Waals surface area (Å²) in [6.45, 7) is 0.542. The van der Waals surface area contributed by atoms with Crippen molar-refractivity contribution in [2.75, 3.05) is 33.7 Å². The number of hydrogen-bond acceptors (Lipinski definition) is 3. The van der Waals surface area contributed by atoms with Gasteiger partial charge in [0.25, 0.3) is 0 Å². The Morgan fingerprint density at radius 1 is 0.844 bits per heavy atom. The first-order chi connectivity index (χ1) is 15.3. The molecule has 0 aromatic heterocycles. The molecule has 6 heteroatoms. The number of imide groups is 1. The third-order valence-corrected chi connectivity index (χ3v) is 6.65. The number of carbonyl (C=O) groups is 3. The maximum Gasteiger partial charge on any atom is 0.359 e. The van der Waals surface area contributed by atoms with Gasteiger partial charge < -0.3 is 9.59 Å². The number of nitrogens with zero attached hydrogens (tertiary/aromatic N) is 2. The Hall–Kier alpha value is -3.25. The van der Waals surface area contributed by atoms with E-state index in [4.69, 9.17) is 5.11 Å². The molecule has 1 saturated heterocycles. The zero-order chi connectivity index (χ0) is 22.9. The summed E-state index contributed by atoms with van der Waals surface area (Å²) in [5.41, 5.74) is 2.05. The largest absolute Gasteiger partial charge is 0.477 e. The van der Waals surface area contributed by atoms with Crippen molar-refractivity contribution < 1.29 is 24.0 Å². The first-order valence-electron chi connectivity index (χ1n) is 11.0. The van der Waals surface area contributed by atoms with E-state index in [0.29, 0.717) is 6.54 Å². The minimum atomic E-state index is -0.903. The Kier molecular flexibility index (Phi) is 5.98. The molecule has 1 fully saturated rings. The van der Waals surface area contributed by atoms with E-state index < -0.39 is 17.8 Å². The van der Waals surface area contributed by atoms with Crippen molar-refractivity contribution in [1.82, 2.24) is 4.90 Å². The number of likely N-dealkylation sites (tertiary alicyclic amines) is 1. The van der Waals surface area contributed by atoms with Crippen LogP contribution in [-0.4, -0.2) is 66.0 Å². The lowest BCUT2D eigenvalue weighted by molar-refractivity contribution is -0.882. The van der Waals surface area contributed by atoms with Crippen molar-refractivity contribution in [2.45, 2.75) is 11.8 Å². The molecule has 1 aliphatic carbocycles. The average Bonchev–Trinajstić information content (AvgIpc) is 3.02. The molecular weight excluding hydrogens is 404 g/mol. The molecule has 2 aromatic rings. The van der Waals surface area contributed by atoms with E-state index in [9.17, 15) is 14.4 Å². The Morgan fingerprint density at radius 2 is 1.28 bits per heavy atom. The highest BCUT2D eigenvalue weighted by Gasteiger charge is 2.55. The van der Waals surface area contributed by atoms with Crippen LogP contribution in [-0.2, 0) is 14.4 Å². The lowest BCUT2D eigenvalue weighted by Crippen LogP contribution is -2.49. The van der Waals surface area contributed by atoms with E-state index in [-0.39, 0.29) is 41.2 Å². The molecule has 4 rings (SSSR count). The highest BCUT2D eigenvalue weighted by atomic mass is 16.4. The molecule has 166 valence electrons. The fourth-order valence-corrected chi connectivity index (χ4v) is 5.03. The lowest BCUT2D eigenvalue weighted by Gasteiger charge is -2.32. The molecule has 0 saturated carbocycles. The zero-order valence-electron chi connectivity index (χ0n) is 18.4. The molecule has 1 aliphatic heterocycles. The molecule has 32 heavy (non-hydrogen) atoms. The van der Waals surface area contributed by atoms with Gasteiger partial charge in [0.1, 0.15) is 0 Å². The van der Waals surface area contributed by atoms with Crippen LogP contribution in [0.1, 0.15) is 23.0 Å². The van der Waals surface area contributed by atoms with Crippen LogP contribution < -0.4 is 0 Å². The van der Waals surface area contributed by atoms with Gasteiger partial charge in [0, 0.05) is 11.8 Å². The van der Waals surface area contributed by atoms with E-state index in [1.165, 1.54) is 4.90 Å². The van der Waals surface area contributed by atoms with Gasteiger partial charge in [0.05, 0.1) is 39.0 Å². The van der Waals surface area contributed by atoms with Crippen LogP contribution in [0.4, 0.5) is 0 Å². The number of likely N-dealkylation sites (N-methyl/N-ethyl adjacent to an activating group) is 1. The summed E-state index contributed by atoms with van der Waals surface area (Å²) in [4.78, 5) is 39.7. The van der Waals surface area contributed by atoms with Gasteiger partial charge in [0.15, 0.2) is 6.54 Å². The van der Waals surface area contributed by atoms with Crippen molar-refractivity contribution in [3.63, 3.8) is 0 Å². The summed E-state index contributed by atoms with van der Waals surface area (Å²) >= 11 is 0. The molecule has 0 radical (unpaired) electrons. The molecule has 2 aliphatic rings. The zero-order valence-corrected chi connectivity index (χ0v) is 18.4. The molecular formula is C26H29N2O4+. The SMILES string of the molecule is C[N+](C)(CCN1C(=O)[C@H]2[C@H](C1=O)[C@H](c1ccccc1)C=C[C@@H]2c1ccccc1)CC(=O)O. The Bertz CT molecular complexity index is 965. The van der Waals surface area contributed by atoms with Crippen LogP contribution in [0.5, 0.6) is 0 Å². The Balaban J connectivity index is 1.67. The van der Waals surface area contributed by atoms with E-state index in [2.05, 4.69) is 12.2 Å². The van der Waals surface area contributed by atoms with Gasteiger partial charge in [0.2, 0.25) is 11.8 Å². The first-order valence-corrected chi connectivity index (χ1v) is 11.0. The van der Waals surface area contributed by atoms with Crippen molar-refractivity contribution in [2.24, 2.45) is 11.8 Å². The van der Waals surface area contributed by atoms with Gasteiger partial charge in [-0.25, -0.2) is 4.79 Å². The number of aliphatic carboxylic acids is 1. The molecule has 0 spiro atoms. The number of hydrogen-bond donors (Lipinski definition) is 1. The Morgan fingerprint density at radius 3 is 1.69 bits per heavy atom. The maximum absolute atomic E-state index is 13.6. The lowest BCUT2D eigenvalue weighted by atomic mass is 9.68. The van der Waals surface area contributed by atoms with Crippen LogP contribution in [0.2, 0.25) is 0 Å². The van der Waals surface area contributed by atoms with E-state index in [1.54, 1.807) is 14.1 Å². The van der Waals surface area contributed by atoms with Crippen LogP contribution in [0.3, 0.4) is 0 Å². The molecule has 0 bridgehead atoms. The second kappa shape index (κ2) is 8.71. The fourth-order valence-electron chi connectivity index (χ4n) is 5.03. The highest BCUT2D eigenvalue weighted by Crippen LogP contribution is 2.49. The average molecular weight is 434 g/mol. The fraction of sp³-hybridized carbons (Fsp3) is 0.346. The predicted molar refractivity (Wildman–Crippen MR) is 121 cm³/mol. The summed E-state index contributed by atoms with van der Waals surface area (Å²) in [6.07, 6.45) is 4.15. The van der Waals surface area contributed by atoms with E-state index >= 15 is 0 Å². The summed E-state index contributed by atoms with van der Waals surface area (Å²) < 4.78 is 0.199. The molecule has 4 atom stereocenters. The van der Waals surface area contributed by atoms with Gasteiger partial charge in [-0.05, 0) is 11.1 Å². The number of benzene rings is 2. The minimum Gasteiger partial charge on any atom is -0.477 e. The quantitative estimate of drug-likeness (QED) is 0.414. The first kappa shape index (κ1) is 22.0. The van der Waals surface area contributed by atoms with Crippen LogP contribution in [0.15, 0.2) is 72.8 Å². The second-order valence-corrected chi connectivity index (χ2v) is 9.35.